The second-order valence-corrected chi connectivity index (χ2v) is 4.56. The number of carbonyl (C=O) groups excluding carboxylic acids is 1. The fourth-order valence-electron chi connectivity index (χ4n) is 1.78. The number of hydrogen-bond acceptors (Lipinski definition) is 4. The molecule has 2 atom stereocenters. The molecule has 1 amide bonds. The number of aromatic nitrogens is 2. The molecule has 0 spiro atoms. The van der Waals surface area contributed by atoms with E-state index in [1.165, 1.54) is 12.4 Å². The second-order valence-electron chi connectivity index (χ2n) is 4.18. The van der Waals surface area contributed by atoms with Gasteiger partial charge in [0, 0.05) is 6.54 Å². The molecule has 17 heavy (non-hydrogen) atoms. The number of rotatable bonds is 1. The van der Waals surface area contributed by atoms with Gasteiger partial charge in [-0.05, 0) is 13.8 Å². The van der Waals surface area contributed by atoms with Crippen LogP contribution in [0.5, 0.6) is 0 Å². The monoisotopic (exact) mass is 255 g/mol. The van der Waals surface area contributed by atoms with E-state index in [0.29, 0.717) is 13.2 Å². The van der Waals surface area contributed by atoms with Crippen molar-refractivity contribution in [2.45, 2.75) is 26.0 Å². The highest BCUT2D eigenvalue weighted by atomic mass is 35.5. The summed E-state index contributed by atoms with van der Waals surface area (Å²) in [7, 11) is 0. The van der Waals surface area contributed by atoms with Crippen molar-refractivity contribution in [2.75, 3.05) is 13.2 Å². The predicted molar refractivity (Wildman–Crippen MR) is 63.0 cm³/mol. The van der Waals surface area contributed by atoms with Crippen LogP contribution < -0.4 is 0 Å². The van der Waals surface area contributed by atoms with Crippen LogP contribution in [0.3, 0.4) is 0 Å². The van der Waals surface area contributed by atoms with E-state index in [2.05, 4.69) is 9.97 Å². The number of ether oxygens (including phenoxy) is 1. The second kappa shape index (κ2) is 4.98. The molecule has 0 aromatic carbocycles. The zero-order valence-corrected chi connectivity index (χ0v) is 10.5. The molecular formula is C11H14ClN3O2. The van der Waals surface area contributed by atoms with Crippen LogP contribution in [0.4, 0.5) is 0 Å². The highest BCUT2D eigenvalue weighted by Crippen LogP contribution is 2.15. The number of halogens is 1. The zero-order valence-electron chi connectivity index (χ0n) is 9.76. The lowest BCUT2D eigenvalue weighted by Gasteiger charge is -2.36. The van der Waals surface area contributed by atoms with Crippen molar-refractivity contribution >= 4 is 17.5 Å². The number of morpholine rings is 1. The molecule has 5 nitrogen and oxygen atoms in total. The van der Waals surface area contributed by atoms with Gasteiger partial charge in [0.2, 0.25) is 0 Å². The lowest BCUT2D eigenvalue weighted by atomic mass is 10.2. The summed E-state index contributed by atoms with van der Waals surface area (Å²) in [5, 5.41) is 0.227. The van der Waals surface area contributed by atoms with Gasteiger partial charge >= 0.3 is 0 Å². The summed E-state index contributed by atoms with van der Waals surface area (Å²) in [6, 6.07) is 0.0412. The van der Waals surface area contributed by atoms with Crippen molar-refractivity contribution in [2.24, 2.45) is 0 Å². The Balaban J connectivity index is 2.18. The van der Waals surface area contributed by atoms with Crippen LogP contribution in [0.15, 0.2) is 12.4 Å². The molecule has 2 heterocycles. The number of amides is 1. The number of nitrogens with zero attached hydrogens (tertiary/aromatic N) is 3. The van der Waals surface area contributed by atoms with Crippen molar-refractivity contribution in [3.63, 3.8) is 0 Å². The van der Waals surface area contributed by atoms with Crippen LogP contribution in [-0.4, -0.2) is 46.1 Å². The van der Waals surface area contributed by atoms with E-state index in [9.17, 15) is 4.79 Å². The van der Waals surface area contributed by atoms with E-state index in [4.69, 9.17) is 16.3 Å². The van der Waals surface area contributed by atoms with Crippen molar-refractivity contribution in [3.05, 3.63) is 23.2 Å². The lowest BCUT2D eigenvalue weighted by Crippen LogP contribution is -2.50. The third-order valence-corrected chi connectivity index (χ3v) is 2.88. The Labute approximate surface area is 105 Å². The van der Waals surface area contributed by atoms with Gasteiger partial charge in [0.05, 0.1) is 31.1 Å². The van der Waals surface area contributed by atoms with E-state index in [1.54, 1.807) is 4.90 Å². The Morgan fingerprint density at radius 2 is 2.29 bits per heavy atom. The highest BCUT2D eigenvalue weighted by molar-refractivity contribution is 6.29. The molecule has 6 heteroatoms. The molecule has 0 N–H and O–H groups in total. The molecule has 0 aliphatic carbocycles. The Hall–Kier alpha value is -1.20. The van der Waals surface area contributed by atoms with E-state index in [0.717, 1.165) is 0 Å². The number of carbonyl (C=O) groups is 1. The van der Waals surface area contributed by atoms with Crippen molar-refractivity contribution in [3.8, 4) is 0 Å². The topological polar surface area (TPSA) is 55.3 Å². The first-order chi connectivity index (χ1) is 8.08. The molecule has 1 aliphatic rings. The van der Waals surface area contributed by atoms with Crippen LogP contribution in [0.1, 0.15) is 24.3 Å². The summed E-state index contributed by atoms with van der Waals surface area (Å²) >= 11 is 5.72. The quantitative estimate of drug-likeness (QED) is 0.761. The van der Waals surface area contributed by atoms with Gasteiger partial charge in [0.15, 0.2) is 0 Å². The molecule has 1 aromatic rings. The first-order valence-corrected chi connectivity index (χ1v) is 5.86. The molecule has 2 rings (SSSR count). The fraction of sp³-hybridized carbons (Fsp3) is 0.545. The normalized spacial score (nSPS) is 24.8. The van der Waals surface area contributed by atoms with E-state index >= 15 is 0 Å². The largest absolute Gasteiger partial charge is 0.375 e. The van der Waals surface area contributed by atoms with Gasteiger partial charge in [-0.3, -0.25) is 9.78 Å². The van der Waals surface area contributed by atoms with E-state index in [1.807, 2.05) is 13.8 Å². The van der Waals surface area contributed by atoms with Gasteiger partial charge in [0.1, 0.15) is 10.8 Å². The SMILES string of the molecule is CC1CN(C(=O)c2cncc(Cl)n2)C(C)CO1. The van der Waals surface area contributed by atoms with Crippen LogP contribution in [0.2, 0.25) is 5.15 Å². The van der Waals surface area contributed by atoms with Gasteiger partial charge in [-0.1, -0.05) is 11.6 Å². The van der Waals surface area contributed by atoms with Crippen molar-refractivity contribution in [1.82, 2.24) is 14.9 Å². The summed E-state index contributed by atoms with van der Waals surface area (Å²) in [4.78, 5) is 21.8. The van der Waals surface area contributed by atoms with Gasteiger partial charge in [0.25, 0.3) is 5.91 Å². The smallest absolute Gasteiger partial charge is 0.274 e. The molecule has 1 fully saturated rings. The average Bonchev–Trinajstić information content (AvgIpc) is 2.31. The zero-order chi connectivity index (χ0) is 12.4. The maximum atomic E-state index is 12.2. The predicted octanol–water partition coefficient (Wildman–Crippen LogP) is 1.38. The van der Waals surface area contributed by atoms with Gasteiger partial charge < -0.3 is 9.64 Å². The average molecular weight is 256 g/mol. The van der Waals surface area contributed by atoms with E-state index < -0.39 is 0 Å². The van der Waals surface area contributed by atoms with Crippen LogP contribution in [-0.2, 0) is 4.74 Å². The number of hydrogen-bond donors (Lipinski definition) is 0. The third-order valence-electron chi connectivity index (χ3n) is 2.69. The molecule has 0 bridgehead atoms. The highest BCUT2D eigenvalue weighted by Gasteiger charge is 2.29. The summed E-state index contributed by atoms with van der Waals surface area (Å²) in [5.41, 5.74) is 0.276. The minimum Gasteiger partial charge on any atom is -0.375 e. The Morgan fingerprint density at radius 3 is 3.00 bits per heavy atom. The van der Waals surface area contributed by atoms with Gasteiger partial charge in [-0.2, -0.15) is 0 Å². The molecule has 92 valence electrons. The summed E-state index contributed by atoms with van der Waals surface area (Å²) in [5.74, 6) is -0.150. The minimum atomic E-state index is -0.150. The molecule has 1 aliphatic heterocycles. The minimum absolute atomic E-state index is 0.0412. The van der Waals surface area contributed by atoms with Crippen LogP contribution in [0.25, 0.3) is 0 Å². The van der Waals surface area contributed by atoms with Crippen molar-refractivity contribution in [1.29, 1.82) is 0 Å². The van der Waals surface area contributed by atoms with Gasteiger partial charge in [-0.15, -0.1) is 0 Å². The van der Waals surface area contributed by atoms with Gasteiger partial charge in [-0.25, -0.2) is 4.98 Å². The third kappa shape index (κ3) is 2.73. The molecule has 0 radical (unpaired) electrons. The first kappa shape index (κ1) is 12.3. The summed E-state index contributed by atoms with van der Waals surface area (Å²) in [6.07, 6.45) is 2.88. The molecule has 1 saturated heterocycles. The summed E-state index contributed by atoms with van der Waals surface area (Å²) in [6.45, 7) is 4.99. The standard InChI is InChI=1S/C11H14ClN3O2/c1-7-6-17-8(2)5-15(7)11(16)9-3-13-4-10(12)14-9/h3-4,7-8H,5-6H2,1-2H3. The Kier molecular flexibility index (Phi) is 3.59. The van der Waals surface area contributed by atoms with Crippen molar-refractivity contribution < 1.29 is 9.53 Å². The van der Waals surface area contributed by atoms with Crippen LogP contribution >= 0.6 is 11.6 Å². The van der Waals surface area contributed by atoms with E-state index in [-0.39, 0.29) is 28.9 Å². The molecular weight excluding hydrogens is 242 g/mol. The maximum Gasteiger partial charge on any atom is 0.274 e. The Morgan fingerprint density at radius 1 is 1.53 bits per heavy atom. The molecule has 1 aromatic heterocycles. The lowest BCUT2D eigenvalue weighted by molar-refractivity contribution is -0.0389. The molecule has 2 unspecified atom stereocenters. The fourth-order valence-corrected chi connectivity index (χ4v) is 1.93. The summed E-state index contributed by atoms with van der Waals surface area (Å²) < 4.78 is 5.47. The van der Waals surface area contributed by atoms with Crippen LogP contribution in [0, 0.1) is 0 Å². The molecule has 0 saturated carbocycles. The maximum absolute atomic E-state index is 12.2. The first-order valence-electron chi connectivity index (χ1n) is 5.48. The Bertz CT molecular complexity index is 427.